The van der Waals surface area contributed by atoms with Crippen LogP contribution in [0.15, 0.2) is 12.0 Å². The molecular formula is C11H13N3S. The Morgan fingerprint density at radius 1 is 1.60 bits per heavy atom. The molecule has 4 heteroatoms. The predicted molar refractivity (Wildman–Crippen MR) is 62.8 cm³/mol. The van der Waals surface area contributed by atoms with E-state index in [9.17, 15) is 0 Å². The summed E-state index contributed by atoms with van der Waals surface area (Å²) in [7, 11) is 0. The molecule has 0 aromatic carbocycles. The van der Waals surface area contributed by atoms with Crippen molar-refractivity contribution in [2.45, 2.75) is 12.8 Å². The maximum Gasteiger partial charge on any atom is 0.185 e. The maximum absolute atomic E-state index is 8.80. The van der Waals surface area contributed by atoms with Crippen LogP contribution < -0.4 is 4.90 Å². The maximum atomic E-state index is 8.80. The molecule has 0 saturated carbocycles. The summed E-state index contributed by atoms with van der Waals surface area (Å²) >= 11 is 1.65. The molecule has 1 aliphatic heterocycles. The lowest BCUT2D eigenvalue weighted by molar-refractivity contribution is 0.487. The van der Waals surface area contributed by atoms with Crippen LogP contribution in [-0.4, -0.2) is 18.1 Å². The molecule has 0 spiro atoms. The van der Waals surface area contributed by atoms with Crippen LogP contribution in [0.5, 0.6) is 0 Å². The Morgan fingerprint density at radius 3 is 2.87 bits per heavy atom. The van der Waals surface area contributed by atoms with E-state index in [1.807, 2.05) is 5.38 Å². The Balaban J connectivity index is 2.01. The second-order valence-electron chi connectivity index (χ2n) is 3.65. The standard InChI is InChI=1S/C11H13N3S/c1-2-10-8-15-11(13-10)14-5-3-9(7-12)4-6-14/h2,8-9H,1,3-6H2. The van der Waals surface area contributed by atoms with Crippen molar-refractivity contribution in [1.29, 1.82) is 5.26 Å². The Morgan fingerprint density at radius 2 is 2.33 bits per heavy atom. The first-order valence-corrected chi connectivity index (χ1v) is 5.94. The van der Waals surface area contributed by atoms with E-state index in [-0.39, 0.29) is 5.92 Å². The van der Waals surface area contributed by atoms with Gasteiger partial charge in [0.05, 0.1) is 11.8 Å². The monoisotopic (exact) mass is 219 g/mol. The number of piperidine rings is 1. The minimum absolute atomic E-state index is 0.236. The lowest BCUT2D eigenvalue weighted by Crippen LogP contribution is -2.33. The van der Waals surface area contributed by atoms with Crippen LogP contribution in [0.25, 0.3) is 6.08 Å². The molecular weight excluding hydrogens is 206 g/mol. The molecule has 0 N–H and O–H groups in total. The Hall–Kier alpha value is -1.34. The number of nitriles is 1. The average Bonchev–Trinajstić information content (AvgIpc) is 2.78. The van der Waals surface area contributed by atoms with Crippen molar-refractivity contribution in [3.05, 3.63) is 17.7 Å². The summed E-state index contributed by atoms with van der Waals surface area (Å²) in [6.07, 6.45) is 3.68. The molecule has 0 unspecified atom stereocenters. The van der Waals surface area contributed by atoms with E-state index in [1.165, 1.54) is 0 Å². The highest BCUT2D eigenvalue weighted by Crippen LogP contribution is 2.26. The van der Waals surface area contributed by atoms with E-state index in [2.05, 4.69) is 22.5 Å². The normalized spacial score (nSPS) is 17.4. The molecule has 2 rings (SSSR count). The molecule has 1 aromatic rings. The van der Waals surface area contributed by atoms with Crippen molar-refractivity contribution in [3.8, 4) is 6.07 Å². The number of hydrogen-bond acceptors (Lipinski definition) is 4. The molecule has 1 aliphatic rings. The summed E-state index contributed by atoms with van der Waals surface area (Å²) in [5, 5.41) is 11.9. The zero-order chi connectivity index (χ0) is 10.7. The molecule has 78 valence electrons. The van der Waals surface area contributed by atoms with E-state index in [0.717, 1.165) is 36.8 Å². The minimum atomic E-state index is 0.236. The molecule has 3 nitrogen and oxygen atoms in total. The smallest absolute Gasteiger partial charge is 0.185 e. The van der Waals surface area contributed by atoms with E-state index in [0.29, 0.717) is 0 Å². The van der Waals surface area contributed by atoms with Gasteiger partial charge in [0, 0.05) is 24.4 Å². The molecule has 0 aliphatic carbocycles. The zero-order valence-electron chi connectivity index (χ0n) is 8.52. The first-order valence-electron chi connectivity index (χ1n) is 5.06. The van der Waals surface area contributed by atoms with E-state index in [4.69, 9.17) is 5.26 Å². The van der Waals surface area contributed by atoms with Gasteiger partial charge in [0.1, 0.15) is 0 Å². The molecule has 0 radical (unpaired) electrons. The first kappa shape index (κ1) is 10.2. The van der Waals surface area contributed by atoms with Crippen molar-refractivity contribution >= 4 is 22.5 Å². The fourth-order valence-electron chi connectivity index (χ4n) is 1.72. The van der Waals surface area contributed by atoms with E-state index in [1.54, 1.807) is 17.4 Å². The van der Waals surface area contributed by atoms with Crippen LogP contribution in [-0.2, 0) is 0 Å². The highest BCUT2D eigenvalue weighted by molar-refractivity contribution is 7.13. The Bertz CT molecular complexity index is 383. The molecule has 15 heavy (non-hydrogen) atoms. The van der Waals surface area contributed by atoms with Crippen molar-refractivity contribution in [3.63, 3.8) is 0 Å². The van der Waals surface area contributed by atoms with Gasteiger partial charge in [-0.1, -0.05) is 6.58 Å². The zero-order valence-corrected chi connectivity index (χ0v) is 9.33. The summed E-state index contributed by atoms with van der Waals surface area (Å²) in [4.78, 5) is 6.70. The second kappa shape index (κ2) is 4.45. The topological polar surface area (TPSA) is 39.9 Å². The fraction of sp³-hybridized carbons (Fsp3) is 0.455. The quantitative estimate of drug-likeness (QED) is 0.767. The first-order chi connectivity index (χ1) is 7.33. The van der Waals surface area contributed by atoms with Crippen LogP contribution in [0.1, 0.15) is 18.5 Å². The van der Waals surface area contributed by atoms with Gasteiger partial charge in [0.25, 0.3) is 0 Å². The SMILES string of the molecule is C=Cc1csc(N2CCC(C#N)CC2)n1. The van der Waals surface area contributed by atoms with Gasteiger partial charge in [0.15, 0.2) is 5.13 Å². The van der Waals surface area contributed by atoms with E-state index < -0.39 is 0 Å². The van der Waals surface area contributed by atoms with Crippen LogP contribution in [0.3, 0.4) is 0 Å². The summed E-state index contributed by atoms with van der Waals surface area (Å²) < 4.78 is 0. The number of anilines is 1. The lowest BCUT2D eigenvalue weighted by atomic mass is 9.99. The summed E-state index contributed by atoms with van der Waals surface area (Å²) in [6, 6.07) is 2.33. The molecule has 0 amide bonds. The molecule has 2 heterocycles. The number of nitrogens with zero attached hydrogens (tertiary/aromatic N) is 3. The van der Waals surface area contributed by atoms with Gasteiger partial charge in [-0.15, -0.1) is 11.3 Å². The predicted octanol–water partition coefficient (Wildman–Crippen LogP) is 2.53. The lowest BCUT2D eigenvalue weighted by Gasteiger charge is -2.28. The number of rotatable bonds is 2. The number of thiazole rings is 1. The highest BCUT2D eigenvalue weighted by atomic mass is 32.1. The van der Waals surface area contributed by atoms with Gasteiger partial charge in [0.2, 0.25) is 0 Å². The Kier molecular flexibility index (Phi) is 3.02. The second-order valence-corrected chi connectivity index (χ2v) is 4.49. The summed E-state index contributed by atoms with van der Waals surface area (Å²) in [5.41, 5.74) is 0.942. The number of aromatic nitrogens is 1. The van der Waals surface area contributed by atoms with Crippen molar-refractivity contribution in [2.24, 2.45) is 5.92 Å². The third-order valence-electron chi connectivity index (χ3n) is 2.67. The van der Waals surface area contributed by atoms with Gasteiger partial charge < -0.3 is 4.90 Å². The fourth-order valence-corrected chi connectivity index (χ4v) is 2.58. The van der Waals surface area contributed by atoms with E-state index >= 15 is 0 Å². The molecule has 1 aromatic heterocycles. The van der Waals surface area contributed by atoms with Gasteiger partial charge in [-0.25, -0.2) is 4.98 Å². The van der Waals surface area contributed by atoms with Gasteiger partial charge in [-0.2, -0.15) is 5.26 Å². The van der Waals surface area contributed by atoms with Crippen molar-refractivity contribution in [2.75, 3.05) is 18.0 Å². The Labute approximate surface area is 93.7 Å². The van der Waals surface area contributed by atoms with Crippen molar-refractivity contribution < 1.29 is 0 Å². The third-order valence-corrected chi connectivity index (χ3v) is 3.59. The largest absolute Gasteiger partial charge is 0.348 e. The van der Waals surface area contributed by atoms with Crippen LogP contribution in [0.4, 0.5) is 5.13 Å². The minimum Gasteiger partial charge on any atom is -0.348 e. The molecule has 0 atom stereocenters. The average molecular weight is 219 g/mol. The van der Waals surface area contributed by atoms with Gasteiger partial charge in [-0.05, 0) is 18.9 Å². The molecule has 1 fully saturated rings. The summed E-state index contributed by atoms with van der Waals surface area (Å²) in [5.74, 6) is 0.236. The van der Waals surface area contributed by atoms with Crippen LogP contribution >= 0.6 is 11.3 Å². The van der Waals surface area contributed by atoms with Gasteiger partial charge >= 0.3 is 0 Å². The van der Waals surface area contributed by atoms with Crippen molar-refractivity contribution in [1.82, 2.24) is 4.98 Å². The van der Waals surface area contributed by atoms with Gasteiger partial charge in [-0.3, -0.25) is 0 Å². The van der Waals surface area contributed by atoms with Crippen LogP contribution in [0, 0.1) is 17.2 Å². The van der Waals surface area contributed by atoms with Crippen LogP contribution in [0.2, 0.25) is 0 Å². The number of hydrogen-bond donors (Lipinski definition) is 0. The summed E-state index contributed by atoms with van der Waals surface area (Å²) in [6.45, 7) is 5.59. The molecule has 0 bridgehead atoms. The highest BCUT2D eigenvalue weighted by Gasteiger charge is 2.20. The molecule has 1 saturated heterocycles. The third kappa shape index (κ3) is 2.18.